The number of hydrogen-bond acceptors (Lipinski definition) is 2. The number of amides is 2. The molecule has 0 spiro atoms. The second-order valence-corrected chi connectivity index (χ2v) is 11.3. The number of hydrogen-bond donors (Lipinski definition) is 2. The quantitative estimate of drug-likeness (QED) is 0.214. The molecule has 0 aliphatic rings. The van der Waals surface area contributed by atoms with Crippen molar-refractivity contribution in [2.45, 2.75) is 17.2 Å². The molecule has 0 aliphatic heterocycles. The molecule has 0 bridgehead atoms. The lowest BCUT2D eigenvalue weighted by Crippen LogP contribution is -2.32. The maximum absolute atomic E-state index is 14.3. The molecule has 0 saturated heterocycles. The fraction of sp³-hybridized carbons (Fsp3) is 0.130. The van der Waals surface area contributed by atoms with Crippen LogP contribution in [0.25, 0.3) is 0 Å². The zero-order valence-corrected chi connectivity index (χ0v) is 22.8. The standard InChI is InChI=1S/C23H14Cl7FN2O2/c1-23(29,30)18(10-6-11(24)8-12(25)7-10)22(35)32-13-2-3-15(26)14(9-13)21(34)33-17-5-4-16(27)19(28)20(17)31/h2-9,18H,1H3,(H,32,35)(H,33,34). The van der Waals surface area contributed by atoms with Crippen LogP contribution >= 0.6 is 81.2 Å². The van der Waals surface area contributed by atoms with E-state index >= 15 is 0 Å². The third kappa shape index (κ3) is 6.86. The maximum Gasteiger partial charge on any atom is 0.257 e. The summed E-state index contributed by atoms with van der Waals surface area (Å²) in [6.45, 7) is 1.45. The van der Waals surface area contributed by atoms with E-state index in [-0.39, 0.29) is 32.0 Å². The van der Waals surface area contributed by atoms with Gasteiger partial charge in [-0.15, -0.1) is 23.2 Å². The van der Waals surface area contributed by atoms with Crippen LogP contribution < -0.4 is 10.6 Å². The predicted molar refractivity (Wildman–Crippen MR) is 144 cm³/mol. The van der Waals surface area contributed by atoms with Crippen LogP contribution in [-0.2, 0) is 4.79 Å². The Balaban J connectivity index is 1.89. The Hall–Kier alpha value is -1.44. The van der Waals surface area contributed by atoms with Gasteiger partial charge in [0.05, 0.1) is 32.2 Å². The first-order chi connectivity index (χ1) is 16.3. The van der Waals surface area contributed by atoms with Crippen molar-refractivity contribution < 1.29 is 14.0 Å². The van der Waals surface area contributed by atoms with E-state index in [1.807, 2.05) is 0 Å². The molecule has 3 rings (SSSR count). The van der Waals surface area contributed by atoms with E-state index in [0.717, 1.165) is 0 Å². The molecule has 0 heterocycles. The monoisotopic (exact) mass is 614 g/mol. The molecular weight excluding hydrogens is 603 g/mol. The van der Waals surface area contributed by atoms with E-state index in [9.17, 15) is 14.0 Å². The van der Waals surface area contributed by atoms with Gasteiger partial charge in [-0.1, -0.05) is 58.0 Å². The lowest BCUT2D eigenvalue weighted by Gasteiger charge is -2.26. The van der Waals surface area contributed by atoms with Crippen LogP contribution in [0.2, 0.25) is 25.1 Å². The van der Waals surface area contributed by atoms with Gasteiger partial charge in [-0.2, -0.15) is 0 Å². The van der Waals surface area contributed by atoms with E-state index in [0.29, 0.717) is 15.6 Å². The Bertz CT molecular complexity index is 1290. The van der Waals surface area contributed by atoms with Crippen LogP contribution in [0.15, 0.2) is 48.5 Å². The van der Waals surface area contributed by atoms with Crippen molar-refractivity contribution in [2.24, 2.45) is 0 Å². The molecule has 2 N–H and O–H groups in total. The van der Waals surface area contributed by atoms with Crippen molar-refractivity contribution in [3.63, 3.8) is 0 Å². The van der Waals surface area contributed by atoms with Crippen LogP contribution in [0.4, 0.5) is 15.8 Å². The topological polar surface area (TPSA) is 58.2 Å². The van der Waals surface area contributed by atoms with Gasteiger partial charge < -0.3 is 10.6 Å². The highest BCUT2D eigenvalue weighted by molar-refractivity contribution is 6.50. The summed E-state index contributed by atoms with van der Waals surface area (Å²) in [5.41, 5.74) is 0.342. The van der Waals surface area contributed by atoms with E-state index in [4.69, 9.17) is 81.2 Å². The van der Waals surface area contributed by atoms with Crippen LogP contribution in [-0.4, -0.2) is 16.1 Å². The van der Waals surface area contributed by atoms with E-state index < -0.39 is 27.9 Å². The molecule has 3 aromatic rings. The molecular formula is C23H14Cl7FN2O2. The number of rotatable bonds is 6. The van der Waals surface area contributed by atoms with Crippen LogP contribution in [0.5, 0.6) is 0 Å². The molecule has 0 aliphatic carbocycles. The van der Waals surface area contributed by atoms with Crippen LogP contribution in [0.3, 0.4) is 0 Å². The molecule has 3 aromatic carbocycles. The lowest BCUT2D eigenvalue weighted by atomic mass is 9.94. The van der Waals surface area contributed by atoms with Crippen molar-refractivity contribution in [3.05, 3.63) is 90.6 Å². The number of halogens is 8. The highest BCUT2D eigenvalue weighted by Crippen LogP contribution is 2.40. The molecule has 35 heavy (non-hydrogen) atoms. The summed E-state index contributed by atoms with van der Waals surface area (Å²) in [6.07, 6.45) is 0. The fourth-order valence-corrected chi connectivity index (χ4v) is 4.73. The second-order valence-electron chi connectivity index (χ2n) is 7.45. The highest BCUT2D eigenvalue weighted by Gasteiger charge is 2.38. The summed E-state index contributed by atoms with van der Waals surface area (Å²) < 4.78 is 12.8. The third-order valence-electron chi connectivity index (χ3n) is 4.75. The molecule has 4 nitrogen and oxygen atoms in total. The number of benzene rings is 3. The van der Waals surface area contributed by atoms with E-state index in [1.54, 1.807) is 0 Å². The van der Waals surface area contributed by atoms with Crippen molar-refractivity contribution in [1.82, 2.24) is 0 Å². The Morgan fingerprint density at radius 3 is 2.06 bits per heavy atom. The Morgan fingerprint density at radius 2 is 1.46 bits per heavy atom. The van der Waals surface area contributed by atoms with Crippen molar-refractivity contribution in [2.75, 3.05) is 10.6 Å². The summed E-state index contributed by atoms with van der Waals surface area (Å²) in [5.74, 6) is -3.33. The molecule has 2 amide bonds. The molecule has 0 saturated carbocycles. The number of carbonyl (C=O) groups excluding carboxylic acids is 2. The van der Waals surface area contributed by atoms with Crippen LogP contribution in [0, 0.1) is 5.82 Å². The Morgan fingerprint density at radius 1 is 0.857 bits per heavy atom. The summed E-state index contributed by atoms with van der Waals surface area (Å²) in [7, 11) is 0. The summed E-state index contributed by atoms with van der Waals surface area (Å²) in [4.78, 5) is 26.0. The van der Waals surface area contributed by atoms with Gasteiger partial charge >= 0.3 is 0 Å². The number of carbonyl (C=O) groups is 2. The molecule has 1 atom stereocenters. The average molecular weight is 618 g/mol. The van der Waals surface area contributed by atoms with Crippen LogP contribution in [0.1, 0.15) is 28.8 Å². The minimum absolute atomic E-state index is 0.00830. The summed E-state index contributed by atoms with van der Waals surface area (Å²) >= 11 is 42.5. The van der Waals surface area contributed by atoms with Gasteiger partial charge in [0.2, 0.25) is 5.91 Å². The molecule has 184 valence electrons. The molecule has 0 fully saturated rings. The van der Waals surface area contributed by atoms with Crippen molar-refractivity contribution >= 4 is 104 Å². The largest absolute Gasteiger partial charge is 0.325 e. The summed E-state index contributed by atoms with van der Waals surface area (Å²) in [5, 5.41) is 5.33. The first-order valence-corrected chi connectivity index (χ1v) is 12.3. The zero-order chi connectivity index (χ0) is 26.1. The van der Waals surface area contributed by atoms with Crippen molar-refractivity contribution in [3.8, 4) is 0 Å². The normalized spacial score (nSPS) is 12.3. The Labute approximate surface area is 235 Å². The minimum atomic E-state index is -1.55. The van der Waals surface area contributed by atoms with Gasteiger partial charge in [0, 0.05) is 15.7 Å². The first-order valence-electron chi connectivity index (χ1n) is 9.67. The van der Waals surface area contributed by atoms with Crippen molar-refractivity contribution in [1.29, 1.82) is 0 Å². The third-order valence-corrected chi connectivity index (χ3v) is 6.73. The Kier molecular flexibility index (Phi) is 9.09. The number of anilines is 2. The van der Waals surface area contributed by atoms with Gasteiger partial charge in [0.25, 0.3) is 5.91 Å². The van der Waals surface area contributed by atoms with Gasteiger partial charge in [-0.05, 0) is 61.0 Å². The smallest absolute Gasteiger partial charge is 0.257 e. The van der Waals surface area contributed by atoms with E-state index in [2.05, 4.69) is 10.6 Å². The zero-order valence-electron chi connectivity index (χ0n) is 17.5. The number of nitrogens with one attached hydrogen (secondary N) is 2. The first kappa shape index (κ1) is 28.1. The number of alkyl halides is 2. The SMILES string of the molecule is CC(Cl)(Cl)C(C(=O)Nc1ccc(Cl)c(C(=O)Nc2ccc(Cl)c(Cl)c2F)c1)c1cc(Cl)cc(Cl)c1. The van der Waals surface area contributed by atoms with Gasteiger partial charge in [-0.25, -0.2) is 4.39 Å². The lowest BCUT2D eigenvalue weighted by molar-refractivity contribution is -0.117. The average Bonchev–Trinajstić information content (AvgIpc) is 2.73. The molecule has 0 aromatic heterocycles. The minimum Gasteiger partial charge on any atom is -0.325 e. The summed E-state index contributed by atoms with van der Waals surface area (Å²) in [6, 6.07) is 11.3. The second kappa shape index (κ2) is 11.3. The fourth-order valence-electron chi connectivity index (χ4n) is 3.22. The highest BCUT2D eigenvalue weighted by atomic mass is 35.5. The molecule has 12 heteroatoms. The maximum atomic E-state index is 14.3. The molecule has 0 radical (unpaired) electrons. The van der Waals surface area contributed by atoms with Gasteiger partial charge in [-0.3, -0.25) is 9.59 Å². The predicted octanol–water partition coefficient (Wildman–Crippen LogP) is 9.26. The van der Waals surface area contributed by atoms with Gasteiger partial charge in [0.15, 0.2) is 5.82 Å². The van der Waals surface area contributed by atoms with E-state index in [1.165, 1.54) is 55.5 Å². The van der Waals surface area contributed by atoms with Gasteiger partial charge in [0.1, 0.15) is 4.33 Å². The molecule has 1 unspecified atom stereocenters.